The Morgan fingerprint density at radius 2 is 1.79 bits per heavy atom. The minimum Gasteiger partial charge on any atom is -0.381 e. The van der Waals surface area contributed by atoms with Gasteiger partial charge in [-0.05, 0) is 44.4 Å². The van der Waals surface area contributed by atoms with Crippen LogP contribution < -0.4 is 10.2 Å². The second kappa shape index (κ2) is 6.92. The van der Waals surface area contributed by atoms with E-state index in [1.165, 1.54) is 11.3 Å². The van der Waals surface area contributed by atoms with Gasteiger partial charge in [-0.2, -0.15) is 0 Å². The molecule has 0 bridgehead atoms. The molecular formula is C16H26N2O. The molecule has 1 saturated carbocycles. The van der Waals surface area contributed by atoms with Gasteiger partial charge in [-0.25, -0.2) is 0 Å². The largest absolute Gasteiger partial charge is 0.381 e. The summed E-state index contributed by atoms with van der Waals surface area (Å²) in [7, 11) is 1.80. The van der Waals surface area contributed by atoms with Gasteiger partial charge >= 0.3 is 0 Å². The summed E-state index contributed by atoms with van der Waals surface area (Å²) in [5.41, 5.74) is 2.67. The average Bonchev–Trinajstić information content (AvgIpc) is 2.40. The highest BCUT2D eigenvalue weighted by Crippen LogP contribution is 2.23. The van der Waals surface area contributed by atoms with Crippen molar-refractivity contribution in [3.63, 3.8) is 0 Å². The standard InChI is InChI=1S/C16H26N2O/c1-4-18(5-2)15-8-6-13(7-9-15)12-17-14-10-16(11-14)19-3/h6-9,14,16-17H,4-5,10-12H2,1-3H3. The Morgan fingerprint density at radius 3 is 2.32 bits per heavy atom. The van der Waals surface area contributed by atoms with Gasteiger partial charge in [-0.1, -0.05) is 12.1 Å². The summed E-state index contributed by atoms with van der Waals surface area (Å²) in [5.74, 6) is 0. The summed E-state index contributed by atoms with van der Waals surface area (Å²) in [6, 6.07) is 9.54. The molecule has 0 amide bonds. The Kier molecular flexibility index (Phi) is 5.23. The fraction of sp³-hybridized carbons (Fsp3) is 0.625. The zero-order valence-corrected chi connectivity index (χ0v) is 12.4. The fourth-order valence-electron chi connectivity index (χ4n) is 2.60. The maximum Gasteiger partial charge on any atom is 0.0601 e. The van der Waals surface area contributed by atoms with E-state index in [0.717, 1.165) is 32.5 Å². The summed E-state index contributed by atoms with van der Waals surface area (Å²) in [6.45, 7) is 7.48. The molecule has 0 aliphatic heterocycles. The lowest BCUT2D eigenvalue weighted by Crippen LogP contribution is -2.44. The van der Waals surface area contributed by atoms with Gasteiger partial charge in [0.15, 0.2) is 0 Å². The van der Waals surface area contributed by atoms with Crippen LogP contribution in [0.2, 0.25) is 0 Å². The molecule has 1 aromatic rings. The Bertz CT molecular complexity index is 367. The molecule has 3 heteroatoms. The second-order valence-electron chi connectivity index (χ2n) is 5.25. The number of ether oxygens (including phenoxy) is 1. The molecule has 0 radical (unpaired) electrons. The van der Waals surface area contributed by atoms with Gasteiger partial charge in [0.05, 0.1) is 6.10 Å². The number of rotatable bonds is 7. The van der Waals surface area contributed by atoms with Crippen molar-refractivity contribution < 1.29 is 4.74 Å². The zero-order chi connectivity index (χ0) is 13.7. The highest BCUT2D eigenvalue weighted by molar-refractivity contribution is 5.47. The van der Waals surface area contributed by atoms with Crippen molar-refractivity contribution in [3.05, 3.63) is 29.8 Å². The Labute approximate surface area is 116 Å². The van der Waals surface area contributed by atoms with Crippen molar-refractivity contribution in [1.29, 1.82) is 0 Å². The van der Waals surface area contributed by atoms with E-state index in [4.69, 9.17) is 4.74 Å². The first-order chi connectivity index (χ1) is 9.26. The van der Waals surface area contributed by atoms with Gasteiger partial charge in [-0.3, -0.25) is 0 Å². The van der Waals surface area contributed by atoms with Crippen LogP contribution in [-0.4, -0.2) is 32.3 Å². The van der Waals surface area contributed by atoms with Crippen LogP contribution in [0.15, 0.2) is 24.3 Å². The van der Waals surface area contributed by atoms with E-state index in [9.17, 15) is 0 Å². The first-order valence-electron chi connectivity index (χ1n) is 7.36. The number of nitrogens with zero attached hydrogens (tertiary/aromatic N) is 1. The van der Waals surface area contributed by atoms with Crippen molar-refractivity contribution in [2.75, 3.05) is 25.1 Å². The van der Waals surface area contributed by atoms with Crippen LogP contribution in [0.5, 0.6) is 0 Å². The third-order valence-electron chi connectivity index (χ3n) is 4.09. The van der Waals surface area contributed by atoms with Crippen LogP contribution in [0.1, 0.15) is 32.3 Å². The summed E-state index contributed by atoms with van der Waals surface area (Å²) < 4.78 is 5.29. The van der Waals surface area contributed by atoms with Crippen LogP contribution in [0.3, 0.4) is 0 Å². The summed E-state index contributed by atoms with van der Waals surface area (Å²) in [5, 5.41) is 3.58. The third kappa shape index (κ3) is 3.71. The maximum absolute atomic E-state index is 5.29. The number of methoxy groups -OCH3 is 1. The lowest BCUT2D eigenvalue weighted by Gasteiger charge is -2.34. The van der Waals surface area contributed by atoms with Crippen molar-refractivity contribution >= 4 is 5.69 Å². The molecular weight excluding hydrogens is 236 g/mol. The van der Waals surface area contributed by atoms with E-state index < -0.39 is 0 Å². The Balaban J connectivity index is 1.79. The quantitative estimate of drug-likeness (QED) is 0.818. The predicted molar refractivity (Wildman–Crippen MR) is 80.7 cm³/mol. The highest BCUT2D eigenvalue weighted by Gasteiger charge is 2.28. The summed E-state index contributed by atoms with van der Waals surface area (Å²) >= 11 is 0. The molecule has 19 heavy (non-hydrogen) atoms. The SMILES string of the molecule is CCN(CC)c1ccc(CNC2CC(OC)C2)cc1. The van der Waals surface area contributed by atoms with Gasteiger partial charge in [0.1, 0.15) is 0 Å². The van der Waals surface area contributed by atoms with Gasteiger partial charge in [0.25, 0.3) is 0 Å². The molecule has 1 N–H and O–H groups in total. The van der Waals surface area contributed by atoms with Crippen LogP contribution in [-0.2, 0) is 11.3 Å². The number of hydrogen-bond donors (Lipinski definition) is 1. The first-order valence-corrected chi connectivity index (χ1v) is 7.36. The van der Waals surface area contributed by atoms with Crippen LogP contribution in [0.25, 0.3) is 0 Å². The van der Waals surface area contributed by atoms with Crippen LogP contribution >= 0.6 is 0 Å². The number of hydrogen-bond acceptors (Lipinski definition) is 3. The number of anilines is 1. The monoisotopic (exact) mass is 262 g/mol. The average molecular weight is 262 g/mol. The van der Waals surface area contributed by atoms with Crippen molar-refractivity contribution in [3.8, 4) is 0 Å². The van der Waals surface area contributed by atoms with E-state index in [2.05, 4.69) is 48.3 Å². The molecule has 0 aromatic heterocycles. The number of nitrogens with one attached hydrogen (secondary N) is 1. The number of benzene rings is 1. The normalized spacial score (nSPS) is 22.1. The van der Waals surface area contributed by atoms with E-state index in [0.29, 0.717) is 12.1 Å². The molecule has 0 spiro atoms. The molecule has 1 fully saturated rings. The lowest BCUT2D eigenvalue weighted by molar-refractivity contribution is 0.0170. The Hall–Kier alpha value is -1.06. The fourth-order valence-corrected chi connectivity index (χ4v) is 2.60. The zero-order valence-electron chi connectivity index (χ0n) is 12.4. The minimum absolute atomic E-state index is 0.475. The molecule has 106 valence electrons. The van der Waals surface area contributed by atoms with E-state index >= 15 is 0 Å². The van der Waals surface area contributed by atoms with E-state index in [-0.39, 0.29) is 0 Å². The summed E-state index contributed by atoms with van der Waals surface area (Å²) in [4.78, 5) is 2.37. The van der Waals surface area contributed by atoms with Crippen molar-refractivity contribution in [1.82, 2.24) is 5.32 Å². The molecule has 0 atom stereocenters. The van der Waals surface area contributed by atoms with E-state index in [1.807, 2.05) is 0 Å². The second-order valence-corrected chi connectivity index (χ2v) is 5.25. The van der Waals surface area contributed by atoms with Gasteiger partial charge < -0.3 is 15.0 Å². The Morgan fingerprint density at radius 1 is 1.16 bits per heavy atom. The van der Waals surface area contributed by atoms with Gasteiger partial charge in [0, 0.05) is 38.5 Å². The lowest BCUT2D eigenvalue weighted by atomic mass is 9.89. The summed E-state index contributed by atoms with van der Waals surface area (Å²) in [6.07, 6.45) is 2.77. The third-order valence-corrected chi connectivity index (χ3v) is 4.09. The van der Waals surface area contributed by atoms with Gasteiger partial charge in [-0.15, -0.1) is 0 Å². The van der Waals surface area contributed by atoms with Crippen LogP contribution in [0, 0.1) is 0 Å². The molecule has 0 heterocycles. The molecule has 1 aliphatic carbocycles. The predicted octanol–water partition coefficient (Wildman–Crippen LogP) is 2.80. The molecule has 2 rings (SSSR count). The molecule has 1 aliphatic rings. The topological polar surface area (TPSA) is 24.5 Å². The van der Waals surface area contributed by atoms with Crippen molar-refractivity contribution in [2.24, 2.45) is 0 Å². The van der Waals surface area contributed by atoms with E-state index in [1.54, 1.807) is 7.11 Å². The smallest absolute Gasteiger partial charge is 0.0601 e. The van der Waals surface area contributed by atoms with Crippen molar-refractivity contribution in [2.45, 2.75) is 45.4 Å². The maximum atomic E-state index is 5.29. The van der Waals surface area contributed by atoms with Crippen LogP contribution in [0.4, 0.5) is 5.69 Å². The molecule has 3 nitrogen and oxygen atoms in total. The highest BCUT2D eigenvalue weighted by atomic mass is 16.5. The molecule has 0 unspecified atom stereocenters. The molecule has 1 aromatic carbocycles. The molecule has 0 saturated heterocycles. The minimum atomic E-state index is 0.475. The first kappa shape index (κ1) is 14.4. The van der Waals surface area contributed by atoms with Gasteiger partial charge in [0.2, 0.25) is 0 Å².